The van der Waals surface area contributed by atoms with Crippen molar-refractivity contribution in [2.45, 2.75) is 46.6 Å². The Kier molecular flexibility index (Phi) is 7.63. The van der Waals surface area contributed by atoms with Gasteiger partial charge in [0.25, 0.3) is 5.91 Å². The van der Waals surface area contributed by atoms with Crippen LogP contribution >= 0.6 is 11.3 Å². The number of carbonyl (C=O) groups excluding carboxylic acids is 2. The maximum absolute atomic E-state index is 12.9. The number of benzene rings is 2. The Morgan fingerprint density at radius 1 is 1.13 bits per heavy atom. The second-order valence-electron chi connectivity index (χ2n) is 7.48. The molecule has 0 unspecified atom stereocenters. The predicted octanol–water partition coefficient (Wildman–Crippen LogP) is 4.80. The molecule has 1 heterocycles. The summed E-state index contributed by atoms with van der Waals surface area (Å²) in [6.45, 7) is 6.77. The van der Waals surface area contributed by atoms with E-state index in [0.717, 1.165) is 40.6 Å². The third kappa shape index (κ3) is 5.61. The third-order valence-electron chi connectivity index (χ3n) is 4.92. The van der Waals surface area contributed by atoms with Gasteiger partial charge in [-0.25, -0.2) is 0 Å². The molecular formula is C24H28N2O4S. The minimum Gasteiger partial charge on any atom is -0.494 e. The third-order valence-corrected chi connectivity index (χ3v) is 6.15. The van der Waals surface area contributed by atoms with Crippen molar-refractivity contribution in [1.29, 1.82) is 0 Å². The van der Waals surface area contributed by atoms with Gasteiger partial charge in [0.2, 0.25) is 0 Å². The van der Waals surface area contributed by atoms with Crippen molar-refractivity contribution < 1.29 is 19.1 Å². The minimum atomic E-state index is -0.393. The smallest absolute Gasteiger partial charge is 0.325 e. The number of nitrogens with zero attached hydrogens (tertiary/aromatic N) is 2. The van der Waals surface area contributed by atoms with Gasteiger partial charge in [-0.1, -0.05) is 43.2 Å². The van der Waals surface area contributed by atoms with Crippen LogP contribution in [0.15, 0.2) is 41.4 Å². The number of carbonyl (C=O) groups is 2. The van der Waals surface area contributed by atoms with Crippen molar-refractivity contribution in [1.82, 2.24) is 4.57 Å². The number of methoxy groups -OCH3 is 1. The van der Waals surface area contributed by atoms with Crippen LogP contribution in [-0.4, -0.2) is 30.2 Å². The molecule has 2 aromatic carbocycles. The van der Waals surface area contributed by atoms with Gasteiger partial charge in [-0.15, -0.1) is 0 Å². The highest BCUT2D eigenvalue weighted by molar-refractivity contribution is 7.16. The van der Waals surface area contributed by atoms with Crippen molar-refractivity contribution >= 4 is 33.4 Å². The number of esters is 1. The first kappa shape index (κ1) is 22.7. The van der Waals surface area contributed by atoms with E-state index in [1.54, 1.807) is 22.8 Å². The van der Waals surface area contributed by atoms with Crippen LogP contribution in [0, 0.1) is 13.8 Å². The molecule has 1 aromatic heterocycles. The lowest BCUT2D eigenvalue weighted by Gasteiger charge is -2.07. The summed E-state index contributed by atoms with van der Waals surface area (Å²) in [5.74, 6) is -0.115. The summed E-state index contributed by atoms with van der Waals surface area (Å²) in [7, 11) is 1.35. The number of unbranched alkanes of at least 4 members (excludes halogenated alkanes) is 2. The van der Waals surface area contributed by atoms with Gasteiger partial charge < -0.3 is 14.0 Å². The molecule has 0 aliphatic carbocycles. The van der Waals surface area contributed by atoms with E-state index in [4.69, 9.17) is 9.47 Å². The van der Waals surface area contributed by atoms with E-state index in [1.165, 1.54) is 18.4 Å². The number of aromatic nitrogens is 1. The Labute approximate surface area is 186 Å². The second-order valence-corrected chi connectivity index (χ2v) is 8.45. The van der Waals surface area contributed by atoms with Crippen LogP contribution in [0.25, 0.3) is 10.2 Å². The van der Waals surface area contributed by atoms with E-state index in [0.29, 0.717) is 22.7 Å². The number of aryl methyl sites for hydroxylation is 2. The molecular weight excluding hydrogens is 412 g/mol. The van der Waals surface area contributed by atoms with E-state index >= 15 is 0 Å². The number of amides is 1. The van der Waals surface area contributed by atoms with Gasteiger partial charge in [-0.05, 0) is 55.7 Å². The van der Waals surface area contributed by atoms with Crippen molar-refractivity contribution in [2.24, 2.45) is 4.99 Å². The van der Waals surface area contributed by atoms with Crippen LogP contribution in [0.5, 0.6) is 5.75 Å². The predicted molar refractivity (Wildman–Crippen MR) is 123 cm³/mol. The minimum absolute atomic E-state index is 0.00785. The van der Waals surface area contributed by atoms with Crippen LogP contribution in [0.3, 0.4) is 0 Å². The number of ether oxygens (including phenoxy) is 2. The fourth-order valence-electron chi connectivity index (χ4n) is 3.36. The van der Waals surface area contributed by atoms with Gasteiger partial charge in [0.05, 0.1) is 23.9 Å². The zero-order chi connectivity index (χ0) is 22.4. The molecule has 0 radical (unpaired) electrons. The molecule has 0 aliphatic rings. The largest absolute Gasteiger partial charge is 0.494 e. The Morgan fingerprint density at radius 3 is 2.68 bits per heavy atom. The summed E-state index contributed by atoms with van der Waals surface area (Å²) in [5, 5.41) is 0. The molecule has 0 spiro atoms. The van der Waals surface area contributed by atoms with Gasteiger partial charge in [0, 0.05) is 5.56 Å². The number of hydrogen-bond acceptors (Lipinski definition) is 5. The fraction of sp³-hybridized carbons (Fsp3) is 0.375. The number of fused-ring (bicyclic) bond motifs is 1. The SMILES string of the molecule is CCCCCOc1cccc(C(=O)N=c2sc3c(C)cc(C)cc3n2CC(=O)OC)c1. The van der Waals surface area contributed by atoms with Crippen LogP contribution in [0.2, 0.25) is 0 Å². The summed E-state index contributed by atoms with van der Waals surface area (Å²) >= 11 is 1.39. The summed E-state index contributed by atoms with van der Waals surface area (Å²) in [4.78, 5) is 29.8. The molecule has 6 nitrogen and oxygen atoms in total. The van der Waals surface area contributed by atoms with Gasteiger partial charge >= 0.3 is 5.97 Å². The monoisotopic (exact) mass is 440 g/mol. The lowest BCUT2D eigenvalue weighted by molar-refractivity contribution is -0.141. The average Bonchev–Trinajstić information content (AvgIpc) is 3.08. The zero-order valence-corrected chi connectivity index (χ0v) is 19.3. The van der Waals surface area contributed by atoms with Crippen molar-refractivity contribution in [3.05, 3.63) is 57.9 Å². The zero-order valence-electron chi connectivity index (χ0n) is 18.4. The molecule has 164 valence electrons. The first-order chi connectivity index (χ1) is 14.9. The number of rotatable bonds is 8. The molecule has 1 amide bonds. The maximum atomic E-state index is 12.9. The van der Waals surface area contributed by atoms with E-state index in [1.807, 2.05) is 26.0 Å². The van der Waals surface area contributed by atoms with E-state index in [-0.39, 0.29) is 12.5 Å². The number of hydrogen-bond donors (Lipinski definition) is 0. The quantitative estimate of drug-likeness (QED) is 0.373. The topological polar surface area (TPSA) is 69.9 Å². The fourth-order valence-corrected chi connectivity index (χ4v) is 4.43. The summed E-state index contributed by atoms with van der Waals surface area (Å²) in [5.41, 5.74) is 3.47. The molecule has 0 N–H and O–H groups in total. The molecule has 0 fully saturated rings. The Balaban J connectivity index is 1.98. The highest BCUT2D eigenvalue weighted by Gasteiger charge is 2.14. The first-order valence-electron chi connectivity index (χ1n) is 10.4. The highest BCUT2D eigenvalue weighted by atomic mass is 32.1. The van der Waals surface area contributed by atoms with Crippen LogP contribution in [0.4, 0.5) is 0 Å². The highest BCUT2D eigenvalue weighted by Crippen LogP contribution is 2.24. The van der Waals surface area contributed by atoms with Gasteiger partial charge in [-0.3, -0.25) is 9.59 Å². The molecule has 0 saturated heterocycles. The maximum Gasteiger partial charge on any atom is 0.325 e. The Bertz CT molecular complexity index is 1160. The summed E-state index contributed by atoms with van der Waals surface area (Å²) in [6, 6.07) is 11.1. The number of thiazole rings is 1. The Hall–Kier alpha value is -2.93. The van der Waals surface area contributed by atoms with Crippen LogP contribution in [-0.2, 0) is 16.1 Å². The second kappa shape index (κ2) is 10.4. The molecule has 3 rings (SSSR count). The average molecular weight is 441 g/mol. The lowest BCUT2D eigenvalue weighted by atomic mass is 10.1. The molecule has 0 aliphatic heterocycles. The van der Waals surface area contributed by atoms with Gasteiger partial charge in [0.15, 0.2) is 4.80 Å². The van der Waals surface area contributed by atoms with Crippen LogP contribution in [0.1, 0.15) is 47.7 Å². The van der Waals surface area contributed by atoms with Crippen molar-refractivity contribution in [3.63, 3.8) is 0 Å². The lowest BCUT2D eigenvalue weighted by Crippen LogP contribution is -2.22. The van der Waals surface area contributed by atoms with Crippen LogP contribution < -0.4 is 9.54 Å². The molecule has 3 aromatic rings. The molecule has 0 saturated carbocycles. The van der Waals surface area contributed by atoms with E-state index in [2.05, 4.69) is 18.0 Å². The molecule has 0 bridgehead atoms. The van der Waals surface area contributed by atoms with Crippen molar-refractivity contribution in [2.75, 3.05) is 13.7 Å². The Morgan fingerprint density at radius 2 is 1.94 bits per heavy atom. The molecule has 0 atom stereocenters. The summed E-state index contributed by atoms with van der Waals surface area (Å²) < 4.78 is 13.3. The normalized spacial score (nSPS) is 11.7. The summed E-state index contributed by atoms with van der Waals surface area (Å²) in [6.07, 6.45) is 3.21. The van der Waals surface area contributed by atoms with Gasteiger partial charge in [-0.2, -0.15) is 4.99 Å². The van der Waals surface area contributed by atoms with E-state index < -0.39 is 5.97 Å². The van der Waals surface area contributed by atoms with Gasteiger partial charge in [0.1, 0.15) is 12.3 Å². The van der Waals surface area contributed by atoms with Crippen molar-refractivity contribution in [3.8, 4) is 5.75 Å². The van der Waals surface area contributed by atoms with E-state index in [9.17, 15) is 9.59 Å². The molecule has 31 heavy (non-hydrogen) atoms. The molecule has 7 heteroatoms. The standard InChI is InChI=1S/C24H28N2O4S/c1-5-6-7-11-30-19-10-8-9-18(14-19)23(28)25-24-26(15-21(27)29-4)20-13-16(2)12-17(3)22(20)31-24/h8-10,12-14H,5-7,11,15H2,1-4H3. The first-order valence-corrected chi connectivity index (χ1v) is 11.2.